The van der Waals surface area contributed by atoms with Crippen LogP contribution in [0.2, 0.25) is 0 Å². The Morgan fingerprint density at radius 3 is 2.47 bits per heavy atom. The monoisotopic (exact) mass is 199 g/mol. The van der Waals surface area contributed by atoms with Crippen LogP contribution in [0.5, 0.6) is 0 Å². The molecule has 0 bridgehead atoms. The fourth-order valence-electron chi connectivity index (χ4n) is 1.82. The lowest BCUT2D eigenvalue weighted by Gasteiger charge is -2.08. The molecule has 0 saturated carbocycles. The molecule has 1 heterocycles. The van der Waals surface area contributed by atoms with Gasteiger partial charge in [-0.1, -0.05) is 26.0 Å². The van der Waals surface area contributed by atoms with Crippen LogP contribution in [0, 0.1) is 5.92 Å². The molecule has 0 unspecified atom stereocenters. The Hall–Kier alpha value is -1.50. The van der Waals surface area contributed by atoms with Crippen molar-refractivity contribution in [2.45, 2.75) is 20.3 Å². The lowest BCUT2D eigenvalue weighted by atomic mass is 10.0. The van der Waals surface area contributed by atoms with E-state index in [1.54, 1.807) is 0 Å². The van der Waals surface area contributed by atoms with Crippen LogP contribution in [0.1, 0.15) is 19.4 Å². The van der Waals surface area contributed by atoms with Gasteiger partial charge < -0.3 is 4.57 Å². The second-order valence-electron chi connectivity index (χ2n) is 4.36. The molecular formula is C14H17N. The molecule has 0 saturated heterocycles. The maximum Gasteiger partial charge on any atom is 0.0452 e. The summed E-state index contributed by atoms with van der Waals surface area (Å²) in [7, 11) is 0. The lowest BCUT2D eigenvalue weighted by molar-refractivity contribution is 0.647. The maximum absolute atomic E-state index is 2.26. The zero-order valence-electron chi connectivity index (χ0n) is 9.35. The number of rotatable bonds is 3. The number of hydrogen-bond donors (Lipinski definition) is 0. The summed E-state index contributed by atoms with van der Waals surface area (Å²) < 4.78 is 2.14. The average Bonchev–Trinajstić information content (AvgIpc) is 2.69. The Bertz CT molecular complexity index is 413. The average molecular weight is 199 g/mol. The van der Waals surface area contributed by atoms with Gasteiger partial charge in [-0.2, -0.15) is 0 Å². The van der Waals surface area contributed by atoms with E-state index >= 15 is 0 Å². The van der Waals surface area contributed by atoms with Crippen LogP contribution in [-0.2, 0) is 6.42 Å². The molecule has 0 N–H and O–H groups in total. The molecule has 15 heavy (non-hydrogen) atoms. The number of nitrogens with zero attached hydrogens (tertiary/aromatic N) is 1. The second kappa shape index (κ2) is 4.35. The van der Waals surface area contributed by atoms with Crippen molar-refractivity contribution in [2.24, 2.45) is 5.92 Å². The van der Waals surface area contributed by atoms with E-state index in [1.165, 1.54) is 11.3 Å². The van der Waals surface area contributed by atoms with Crippen LogP contribution in [0.3, 0.4) is 0 Å². The first-order chi connectivity index (χ1) is 7.25. The van der Waals surface area contributed by atoms with Crippen molar-refractivity contribution in [3.8, 4) is 5.69 Å². The van der Waals surface area contributed by atoms with Crippen molar-refractivity contribution in [2.75, 3.05) is 0 Å². The Morgan fingerprint density at radius 1 is 1.07 bits per heavy atom. The predicted molar refractivity (Wildman–Crippen MR) is 64.3 cm³/mol. The highest BCUT2D eigenvalue weighted by Gasteiger charge is 1.99. The molecule has 0 aliphatic carbocycles. The van der Waals surface area contributed by atoms with Crippen LogP contribution in [-0.4, -0.2) is 4.57 Å². The van der Waals surface area contributed by atoms with E-state index in [9.17, 15) is 0 Å². The third kappa shape index (κ3) is 2.50. The minimum atomic E-state index is 0.713. The molecule has 0 amide bonds. The first kappa shape index (κ1) is 10.0. The normalized spacial score (nSPS) is 10.9. The van der Waals surface area contributed by atoms with E-state index in [0.29, 0.717) is 5.92 Å². The van der Waals surface area contributed by atoms with Crippen molar-refractivity contribution in [1.29, 1.82) is 0 Å². The first-order valence-corrected chi connectivity index (χ1v) is 5.48. The highest BCUT2D eigenvalue weighted by molar-refractivity contribution is 5.36. The predicted octanol–water partition coefficient (Wildman–Crippen LogP) is 3.68. The number of benzene rings is 1. The van der Waals surface area contributed by atoms with E-state index in [0.717, 1.165) is 6.42 Å². The minimum absolute atomic E-state index is 0.713. The van der Waals surface area contributed by atoms with Gasteiger partial charge in [0.05, 0.1) is 0 Å². The molecule has 0 atom stereocenters. The summed E-state index contributed by atoms with van der Waals surface area (Å²) in [6, 6.07) is 12.8. The largest absolute Gasteiger partial charge is 0.324 e. The number of hydrogen-bond acceptors (Lipinski definition) is 0. The van der Waals surface area contributed by atoms with Crippen molar-refractivity contribution in [3.05, 3.63) is 54.4 Å². The van der Waals surface area contributed by atoms with Crippen molar-refractivity contribution < 1.29 is 0 Å². The van der Waals surface area contributed by atoms with Crippen molar-refractivity contribution >= 4 is 0 Å². The summed E-state index contributed by atoms with van der Waals surface area (Å²) in [6.45, 7) is 4.50. The van der Waals surface area contributed by atoms with Gasteiger partial charge in [0, 0.05) is 18.1 Å². The fraction of sp³-hybridized carbons (Fsp3) is 0.286. The number of aromatic nitrogens is 1. The van der Waals surface area contributed by atoms with Gasteiger partial charge in [-0.15, -0.1) is 0 Å². The molecule has 0 aliphatic heterocycles. The van der Waals surface area contributed by atoms with Crippen LogP contribution >= 0.6 is 0 Å². The van der Waals surface area contributed by atoms with Crippen molar-refractivity contribution in [1.82, 2.24) is 4.57 Å². The first-order valence-electron chi connectivity index (χ1n) is 5.48. The summed E-state index contributed by atoms with van der Waals surface area (Å²) >= 11 is 0. The van der Waals surface area contributed by atoms with Gasteiger partial charge in [-0.05, 0) is 42.2 Å². The van der Waals surface area contributed by atoms with E-state index in [2.05, 4.69) is 67.2 Å². The molecule has 2 rings (SSSR count). The Labute approximate surface area is 91.4 Å². The van der Waals surface area contributed by atoms with E-state index in [-0.39, 0.29) is 0 Å². The standard InChI is InChI=1S/C14H17N/c1-12(2)10-13-6-5-7-14(11-13)15-8-3-4-9-15/h3-9,11-12H,10H2,1-2H3. The highest BCUT2D eigenvalue weighted by atomic mass is 14.9. The van der Waals surface area contributed by atoms with E-state index in [1.807, 2.05) is 0 Å². The molecule has 2 aromatic rings. The summed E-state index contributed by atoms with van der Waals surface area (Å²) in [6.07, 6.45) is 5.30. The molecule has 1 aromatic carbocycles. The highest BCUT2D eigenvalue weighted by Crippen LogP contribution is 2.13. The SMILES string of the molecule is CC(C)Cc1cccc(-n2cccc2)c1. The Morgan fingerprint density at radius 2 is 1.80 bits per heavy atom. The van der Waals surface area contributed by atoms with Crippen LogP contribution in [0.4, 0.5) is 0 Å². The summed E-state index contributed by atoms with van der Waals surface area (Å²) in [5.74, 6) is 0.713. The quantitative estimate of drug-likeness (QED) is 0.710. The second-order valence-corrected chi connectivity index (χ2v) is 4.36. The molecule has 1 nitrogen and oxygen atoms in total. The van der Waals surface area contributed by atoms with Gasteiger partial charge in [-0.3, -0.25) is 0 Å². The van der Waals surface area contributed by atoms with Crippen LogP contribution in [0.15, 0.2) is 48.8 Å². The van der Waals surface area contributed by atoms with Gasteiger partial charge in [0.25, 0.3) is 0 Å². The van der Waals surface area contributed by atoms with Crippen molar-refractivity contribution in [3.63, 3.8) is 0 Å². The van der Waals surface area contributed by atoms with Gasteiger partial charge in [0.15, 0.2) is 0 Å². The summed E-state index contributed by atoms with van der Waals surface area (Å²) in [5.41, 5.74) is 2.66. The van der Waals surface area contributed by atoms with Crippen LogP contribution < -0.4 is 0 Å². The summed E-state index contributed by atoms with van der Waals surface area (Å²) in [5, 5.41) is 0. The Kier molecular flexibility index (Phi) is 2.91. The lowest BCUT2D eigenvalue weighted by Crippen LogP contribution is -1.96. The smallest absolute Gasteiger partial charge is 0.0452 e. The van der Waals surface area contributed by atoms with Gasteiger partial charge in [0.1, 0.15) is 0 Å². The molecule has 0 spiro atoms. The fourth-order valence-corrected chi connectivity index (χ4v) is 1.82. The van der Waals surface area contributed by atoms with Crippen LogP contribution in [0.25, 0.3) is 5.69 Å². The Balaban J connectivity index is 2.27. The molecule has 0 fully saturated rings. The maximum atomic E-state index is 2.26. The third-order valence-corrected chi connectivity index (χ3v) is 2.46. The molecule has 0 aliphatic rings. The topological polar surface area (TPSA) is 4.93 Å². The van der Waals surface area contributed by atoms with Gasteiger partial charge >= 0.3 is 0 Å². The molecule has 0 radical (unpaired) electrons. The van der Waals surface area contributed by atoms with Gasteiger partial charge in [-0.25, -0.2) is 0 Å². The van der Waals surface area contributed by atoms with Gasteiger partial charge in [0.2, 0.25) is 0 Å². The molecule has 1 aromatic heterocycles. The molecular weight excluding hydrogens is 182 g/mol. The molecule has 78 valence electrons. The minimum Gasteiger partial charge on any atom is -0.324 e. The zero-order chi connectivity index (χ0) is 10.7. The third-order valence-electron chi connectivity index (χ3n) is 2.46. The molecule has 1 heteroatoms. The van der Waals surface area contributed by atoms with E-state index < -0.39 is 0 Å². The van der Waals surface area contributed by atoms with E-state index in [4.69, 9.17) is 0 Å². The zero-order valence-corrected chi connectivity index (χ0v) is 9.35. The summed E-state index contributed by atoms with van der Waals surface area (Å²) in [4.78, 5) is 0.